The van der Waals surface area contributed by atoms with Crippen LogP contribution in [0.2, 0.25) is 0 Å². The van der Waals surface area contributed by atoms with Crippen molar-refractivity contribution in [3.05, 3.63) is 95.1 Å². The van der Waals surface area contributed by atoms with Crippen LogP contribution >= 0.6 is 0 Å². The van der Waals surface area contributed by atoms with Crippen LogP contribution in [0.3, 0.4) is 0 Å². The summed E-state index contributed by atoms with van der Waals surface area (Å²) < 4.78 is 39.8. The summed E-state index contributed by atoms with van der Waals surface area (Å²) in [6, 6.07) is 23.3. The molecule has 10 heteroatoms. The SMILES string of the molecule is Cc1ccc(C(N2CCC(CNC(=O)CNC(=O)OCC3c4ccccc4-c4ccccc43)CC2)S(=O)(=O)O)cc1. The third-order valence-electron chi connectivity index (χ3n) is 7.95. The number of hydrogen-bond donors (Lipinski definition) is 3. The lowest BCUT2D eigenvalue weighted by Crippen LogP contribution is -2.44. The summed E-state index contributed by atoms with van der Waals surface area (Å²) >= 11 is 0. The Morgan fingerprint density at radius 2 is 1.51 bits per heavy atom. The maximum Gasteiger partial charge on any atom is 0.407 e. The maximum absolute atomic E-state index is 12.4. The molecule has 3 aromatic carbocycles. The summed E-state index contributed by atoms with van der Waals surface area (Å²) in [6.07, 6.45) is 0.679. The van der Waals surface area contributed by atoms with E-state index in [-0.39, 0.29) is 30.9 Å². The van der Waals surface area contributed by atoms with E-state index in [1.165, 1.54) is 0 Å². The van der Waals surface area contributed by atoms with E-state index in [1.54, 1.807) is 17.0 Å². The normalized spacial score (nSPS) is 16.4. The van der Waals surface area contributed by atoms with Crippen LogP contribution in [-0.4, -0.2) is 62.7 Å². The molecule has 1 unspecified atom stereocenters. The topological polar surface area (TPSA) is 125 Å². The predicted molar refractivity (Wildman–Crippen MR) is 156 cm³/mol. The Morgan fingerprint density at radius 3 is 2.10 bits per heavy atom. The predicted octanol–water partition coefficient (Wildman–Crippen LogP) is 4.25. The number of nitrogens with zero attached hydrogens (tertiary/aromatic N) is 1. The van der Waals surface area contributed by atoms with Crippen LogP contribution in [-0.2, 0) is 19.6 Å². The fourth-order valence-corrected chi connectivity index (χ4v) is 6.91. The molecule has 1 aliphatic heterocycles. The molecule has 1 fully saturated rings. The zero-order valence-corrected chi connectivity index (χ0v) is 23.8. The van der Waals surface area contributed by atoms with Gasteiger partial charge in [0.2, 0.25) is 5.91 Å². The first-order valence-electron chi connectivity index (χ1n) is 13.8. The molecule has 1 atom stereocenters. The molecule has 0 aromatic heterocycles. The number of likely N-dealkylation sites (tertiary alicyclic amines) is 1. The molecule has 1 heterocycles. The molecule has 41 heavy (non-hydrogen) atoms. The van der Waals surface area contributed by atoms with Crippen LogP contribution in [0.5, 0.6) is 0 Å². The molecule has 3 N–H and O–H groups in total. The lowest BCUT2D eigenvalue weighted by molar-refractivity contribution is -0.120. The van der Waals surface area contributed by atoms with Gasteiger partial charge in [-0.2, -0.15) is 8.42 Å². The number of nitrogens with one attached hydrogen (secondary N) is 2. The Kier molecular flexibility index (Phi) is 8.72. The van der Waals surface area contributed by atoms with Gasteiger partial charge >= 0.3 is 6.09 Å². The van der Waals surface area contributed by atoms with Gasteiger partial charge in [-0.05, 0) is 53.5 Å². The highest BCUT2D eigenvalue weighted by Gasteiger charge is 2.34. The number of aryl methyl sites for hydroxylation is 1. The number of alkyl carbamates (subject to hydrolysis) is 1. The summed E-state index contributed by atoms with van der Waals surface area (Å²) in [5.74, 6) is -0.222. The largest absolute Gasteiger partial charge is 0.449 e. The number of rotatable bonds is 9. The highest BCUT2D eigenvalue weighted by Crippen LogP contribution is 2.44. The average Bonchev–Trinajstić information content (AvgIpc) is 3.28. The summed E-state index contributed by atoms with van der Waals surface area (Å²) in [7, 11) is -4.32. The smallest absolute Gasteiger partial charge is 0.407 e. The van der Waals surface area contributed by atoms with Crippen molar-refractivity contribution in [2.24, 2.45) is 5.92 Å². The fraction of sp³-hybridized carbons (Fsp3) is 0.355. The van der Waals surface area contributed by atoms with Crippen molar-refractivity contribution < 1.29 is 27.3 Å². The number of benzene rings is 3. The van der Waals surface area contributed by atoms with Crippen molar-refractivity contribution in [3.63, 3.8) is 0 Å². The lowest BCUT2D eigenvalue weighted by Gasteiger charge is -2.36. The molecule has 0 saturated carbocycles. The Labute approximate surface area is 240 Å². The van der Waals surface area contributed by atoms with Gasteiger partial charge < -0.3 is 15.4 Å². The summed E-state index contributed by atoms with van der Waals surface area (Å²) in [4.78, 5) is 26.5. The Balaban J connectivity index is 1.05. The minimum atomic E-state index is -4.32. The second-order valence-electron chi connectivity index (χ2n) is 10.7. The monoisotopic (exact) mass is 577 g/mol. The van der Waals surface area contributed by atoms with Gasteiger partial charge in [0.25, 0.3) is 10.1 Å². The molecule has 1 aliphatic carbocycles. The second-order valence-corrected chi connectivity index (χ2v) is 12.2. The standard InChI is InChI=1S/C31H35N3O6S/c1-21-10-12-23(13-11-21)30(41(37,38)39)34-16-14-22(15-17-34)18-32-29(35)19-33-31(36)40-20-28-26-8-4-2-6-24(26)25-7-3-5-9-27(25)28/h2-13,22,28,30H,14-20H2,1H3,(H,32,35)(H,33,36)(H,37,38,39). The van der Waals surface area contributed by atoms with Crippen molar-refractivity contribution >= 4 is 22.1 Å². The first-order valence-corrected chi connectivity index (χ1v) is 15.3. The van der Waals surface area contributed by atoms with Crippen molar-refractivity contribution in [2.75, 3.05) is 32.8 Å². The van der Waals surface area contributed by atoms with Crippen LogP contribution in [0.15, 0.2) is 72.8 Å². The van der Waals surface area contributed by atoms with Crippen LogP contribution in [0, 0.1) is 12.8 Å². The van der Waals surface area contributed by atoms with Crippen LogP contribution < -0.4 is 10.6 Å². The fourth-order valence-electron chi connectivity index (χ4n) is 5.82. The van der Waals surface area contributed by atoms with E-state index in [0.717, 1.165) is 27.8 Å². The van der Waals surface area contributed by atoms with E-state index < -0.39 is 21.6 Å². The molecular formula is C31H35N3O6S. The van der Waals surface area contributed by atoms with Crippen LogP contribution in [0.25, 0.3) is 11.1 Å². The number of hydrogen-bond acceptors (Lipinski definition) is 6. The van der Waals surface area contributed by atoms with Crippen LogP contribution in [0.1, 0.15) is 46.4 Å². The third-order valence-corrected chi connectivity index (χ3v) is 9.08. The molecule has 5 rings (SSSR count). The molecule has 0 spiro atoms. The molecule has 1 saturated heterocycles. The number of piperidine rings is 1. The molecule has 0 bridgehead atoms. The first kappa shape index (κ1) is 28.8. The average molecular weight is 578 g/mol. The molecule has 216 valence electrons. The van der Waals surface area contributed by atoms with Crippen molar-refractivity contribution in [2.45, 2.75) is 31.1 Å². The van der Waals surface area contributed by atoms with Gasteiger partial charge in [0, 0.05) is 25.6 Å². The van der Waals surface area contributed by atoms with Gasteiger partial charge in [0.1, 0.15) is 6.61 Å². The van der Waals surface area contributed by atoms with E-state index >= 15 is 0 Å². The zero-order valence-electron chi connectivity index (χ0n) is 23.0. The van der Waals surface area contributed by atoms with Crippen molar-refractivity contribution in [1.82, 2.24) is 15.5 Å². The van der Waals surface area contributed by atoms with Gasteiger partial charge in [-0.15, -0.1) is 0 Å². The van der Waals surface area contributed by atoms with Gasteiger partial charge in [-0.25, -0.2) is 4.79 Å². The minimum absolute atomic E-state index is 0.0562. The van der Waals surface area contributed by atoms with Gasteiger partial charge in [0.05, 0.1) is 6.54 Å². The number of ether oxygens (including phenoxy) is 1. The van der Waals surface area contributed by atoms with E-state index in [4.69, 9.17) is 4.74 Å². The Morgan fingerprint density at radius 1 is 0.927 bits per heavy atom. The van der Waals surface area contributed by atoms with E-state index in [9.17, 15) is 22.6 Å². The molecular weight excluding hydrogens is 542 g/mol. The van der Waals surface area contributed by atoms with Gasteiger partial charge in [-0.1, -0.05) is 78.4 Å². The van der Waals surface area contributed by atoms with E-state index in [2.05, 4.69) is 22.8 Å². The summed E-state index contributed by atoms with van der Waals surface area (Å²) in [5, 5.41) is 4.26. The maximum atomic E-state index is 12.4. The highest BCUT2D eigenvalue weighted by atomic mass is 32.2. The number of carbonyl (C=O) groups is 2. The van der Waals surface area contributed by atoms with E-state index in [0.29, 0.717) is 38.0 Å². The Bertz CT molecular complexity index is 1450. The molecule has 2 aliphatic rings. The highest BCUT2D eigenvalue weighted by molar-refractivity contribution is 7.86. The number of carbonyl (C=O) groups excluding carboxylic acids is 2. The lowest BCUT2D eigenvalue weighted by atomic mass is 9.96. The molecule has 9 nitrogen and oxygen atoms in total. The summed E-state index contributed by atoms with van der Waals surface area (Å²) in [5.41, 5.74) is 6.06. The summed E-state index contributed by atoms with van der Waals surface area (Å²) in [6.45, 7) is 3.24. The third kappa shape index (κ3) is 6.78. The van der Waals surface area contributed by atoms with Gasteiger partial charge in [-0.3, -0.25) is 14.2 Å². The van der Waals surface area contributed by atoms with Gasteiger partial charge in [0.15, 0.2) is 5.37 Å². The minimum Gasteiger partial charge on any atom is -0.449 e. The van der Waals surface area contributed by atoms with Crippen molar-refractivity contribution in [1.29, 1.82) is 0 Å². The molecule has 0 radical (unpaired) electrons. The first-order chi connectivity index (χ1) is 19.7. The Hall–Kier alpha value is -3.73. The quantitative estimate of drug-likeness (QED) is 0.325. The van der Waals surface area contributed by atoms with Crippen LogP contribution in [0.4, 0.5) is 4.79 Å². The molecule has 3 aromatic rings. The number of amides is 2. The van der Waals surface area contributed by atoms with E-state index in [1.807, 2.05) is 55.5 Å². The second kappa shape index (κ2) is 12.4. The zero-order chi connectivity index (χ0) is 29.0. The van der Waals surface area contributed by atoms with Crippen molar-refractivity contribution in [3.8, 4) is 11.1 Å². The number of fused-ring (bicyclic) bond motifs is 3. The molecule has 2 amide bonds.